The number of halogens is 3. The summed E-state index contributed by atoms with van der Waals surface area (Å²) in [6, 6.07) is 4.17. The van der Waals surface area contributed by atoms with Gasteiger partial charge in [0.2, 0.25) is 0 Å². The first kappa shape index (κ1) is 19.8. The zero-order valence-electron chi connectivity index (χ0n) is 12.5. The van der Waals surface area contributed by atoms with Gasteiger partial charge in [-0.15, -0.1) is 24.8 Å². The van der Waals surface area contributed by atoms with E-state index in [0.717, 1.165) is 36.2 Å². The molecule has 1 saturated heterocycles. The third-order valence-electron chi connectivity index (χ3n) is 4.22. The van der Waals surface area contributed by atoms with Crippen molar-refractivity contribution >= 4 is 40.7 Å². The number of aromatic hydroxyl groups is 1. The predicted molar refractivity (Wildman–Crippen MR) is 96.8 cm³/mol. The van der Waals surface area contributed by atoms with Gasteiger partial charge in [-0.05, 0) is 30.9 Å². The summed E-state index contributed by atoms with van der Waals surface area (Å²) >= 11 is 3.53. The van der Waals surface area contributed by atoms with E-state index in [9.17, 15) is 5.11 Å². The highest BCUT2D eigenvalue weighted by molar-refractivity contribution is 9.10. The first-order valence-electron chi connectivity index (χ1n) is 7.22. The number of rotatable bonds is 4. The number of ether oxygens (including phenoxy) is 1. The van der Waals surface area contributed by atoms with Gasteiger partial charge in [0.25, 0.3) is 0 Å². The zero-order valence-corrected chi connectivity index (χ0v) is 15.8. The van der Waals surface area contributed by atoms with E-state index in [2.05, 4.69) is 26.1 Å². The van der Waals surface area contributed by atoms with Crippen molar-refractivity contribution in [1.82, 2.24) is 10.2 Å². The van der Waals surface area contributed by atoms with E-state index in [1.807, 2.05) is 12.1 Å². The summed E-state index contributed by atoms with van der Waals surface area (Å²) < 4.78 is 6.25. The molecule has 3 rings (SSSR count). The number of phenols is 1. The molecule has 1 atom stereocenters. The van der Waals surface area contributed by atoms with Crippen LogP contribution >= 0.6 is 40.7 Å². The van der Waals surface area contributed by atoms with Gasteiger partial charge >= 0.3 is 0 Å². The maximum absolute atomic E-state index is 10.5. The molecular formula is C15H23BrCl2N2O2. The van der Waals surface area contributed by atoms with Gasteiger partial charge in [0.05, 0.1) is 7.11 Å². The highest BCUT2D eigenvalue weighted by atomic mass is 79.9. The van der Waals surface area contributed by atoms with Gasteiger partial charge in [0, 0.05) is 42.3 Å². The lowest BCUT2D eigenvalue weighted by molar-refractivity contribution is 0.153. The second kappa shape index (κ2) is 8.60. The second-order valence-electron chi connectivity index (χ2n) is 5.61. The summed E-state index contributed by atoms with van der Waals surface area (Å²) in [5.41, 5.74) is 1.00. The molecule has 0 radical (unpaired) electrons. The Bertz CT molecular complexity index is 495. The Balaban J connectivity index is 0.00000121. The fourth-order valence-corrected chi connectivity index (χ4v) is 3.55. The Morgan fingerprint density at radius 1 is 1.27 bits per heavy atom. The highest BCUT2D eigenvalue weighted by Crippen LogP contribution is 2.49. The Labute approximate surface area is 152 Å². The number of phenolic OH excluding ortho intramolecular Hbond substituents is 1. The zero-order chi connectivity index (χ0) is 14.1. The molecule has 1 saturated carbocycles. The standard InChI is InChI=1S/C15H21BrN2O2.2ClH/c1-20-13-9-11(16)8-12(15(13)19)14(10-2-3-10)18-6-4-17-5-7-18;;/h8-10,14,17,19H,2-7H2,1H3;2*1H/t14-;;/m1../s1. The number of hydrogen-bond donors (Lipinski definition) is 2. The third kappa shape index (κ3) is 4.20. The largest absolute Gasteiger partial charge is 0.504 e. The fourth-order valence-electron chi connectivity index (χ4n) is 3.10. The maximum Gasteiger partial charge on any atom is 0.162 e. The molecule has 1 aromatic rings. The smallest absolute Gasteiger partial charge is 0.162 e. The van der Waals surface area contributed by atoms with Crippen LogP contribution in [0.4, 0.5) is 0 Å². The van der Waals surface area contributed by atoms with Gasteiger partial charge < -0.3 is 15.2 Å². The molecule has 0 spiro atoms. The van der Waals surface area contributed by atoms with Crippen LogP contribution in [-0.2, 0) is 0 Å². The van der Waals surface area contributed by atoms with Gasteiger partial charge in [-0.1, -0.05) is 15.9 Å². The molecule has 7 heteroatoms. The van der Waals surface area contributed by atoms with Crippen LogP contribution in [0.1, 0.15) is 24.4 Å². The van der Waals surface area contributed by atoms with Crippen molar-refractivity contribution in [2.75, 3.05) is 33.3 Å². The first-order valence-corrected chi connectivity index (χ1v) is 8.01. The minimum Gasteiger partial charge on any atom is -0.504 e. The molecule has 2 fully saturated rings. The summed E-state index contributed by atoms with van der Waals surface area (Å²) in [5.74, 6) is 1.51. The summed E-state index contributed by atoms with van der Waals surface area (Å²) in [4.78, 5) is 2.50. The number of nitrogens with one attached hydrogen (secondary N) is 1. The van der Waals surface area contributed by atoms with Gasteiger partial charge in [0.1, 0.15) is 0 Å². The molecule has 2 N–H and O–H groups in total. The van der Waals surface area contributed by atoms with E-state index in [-0.39, 0.29) is 24.8 Å². The van der Waals surface area contributed by atoms with Crippen LogP contribution in [0.25, 0.3) is 0 Å². The average molecular weight is 414 g/mol. The minimum atomic E-state index is 0. The van der Waals surface area contributed by atoms with Crippen molar-refractivity contribution in [3.63, 3.8) is 0 Å². The number of hydrogen-bond acceptors (Lipinski definition) is 4. The Kier molecular flexibility index (Phi) is 7.75. The molecule has 0 amide bonds. The summed E-state index contributed by atoms with van der Waals surface area (Å²) in [7, 11) is 1.60. The van der Waals surface area contributed by atoms with Crippen molar-refractivity contribution in [2.24, 2.45) is 5.92 Å². The van der Waals surface area contributed by atoms with E-state index in [0.29, 0.717) is 23.5 Å². The number of benzene rings is 1. The quantitative estimate of drug-likeness (QED) is 0.794. The van der Waals surface area contributed by atoms with Gasteiger partial charge in [0.15, 0.2) is 11.5 Å². The summed E-state index contributed by atoms with van der Waals surface area (Å²) in [5, 5.41) is 13.9. The van der Waals surface area contributed by atoms with Crippen LogP contribution in [0.5, 0.6) is 11.5 Å². The molecule has 1 heterocycles. The average Bonchev–Trinajstić information content (AvgIpc) is 3.28. The van der Waals surface area contributed by atoms with Crippen molar-refractivity contribution in [2.45, 2.75) is 18.9 Å². The highest BCUT2D eigenvalue weighted by Gasteiger charge is 2.38. The number of methoxy groups -OCH3 is 1. The topological polar surface area (TPSA) is 44.7 Å². The Morgan fingerprint density at radius 3 is 2.45 bits per heavy atom. The van der Waals surface area contributed by atoms with Crippen molar-refractivity contribution in [1.29, 1.82) is 0 Å². The molecule has 126 valence electrons. The van der Waals surface area contributed by atoms with Crippen LogP contribution in [-0.4, -0.2) is 43.3 Å². The molecule has 0 bridgehead atoms. The molecule has 0 aromatic heterocycles. The van der Waals surface area contributed by atoms with E-state index in [4.69, 9.17) is 4.74 Å². The van der Waals surface area contributed by atoms with Crippen molar-refractivity contribution in [3.8, 4) is 11.5 Å². The lowest BCUT2D eigenvalue weighted by Crippen LogP contribution is -2.45. The van der Waals surface area contributed by atoms with Crippen LogP contribution in [0, 0.1) is 5.92 Å². The van der Waals surface area contributed by atoms with Gasteiger partial charge in [-0.25, -0.2) is 0 Å². The molecule has 0 unspecified atom stereocenters. The van der Waals surface area contributed by atoms with E-state index >= 15 is 0 Å². The fraction of sp³-hybridized carbons (Fsp3) is 0.600. The molecule has 1 aliphatic heterocycles. The van der Waals surface area contributed by atoms with E-state index in [1.54, 1.807) is 7.11 Å². The predicted octanol–water partition coefficient (Wildman–Crippen LogP) is 3.36. The van der Waals surface area contributed by atoms with Gasteiger partial charge in [-0.3, -0.25) is 4.90 Å². The number of nitrogens with zero attached hydrogens (tertiary/aromatic N) is 1. The second-order valence-corrected chi connectivity index (χ2v) is 6.53. The van der Waals surface area contributed by atoms with Gasteiger partial charge in [-0.2, -0.15) is 0 Å². The van der Waals surface area contributed by atoms with Crippen LogP contribution < -0.4 is 10.1 Å². The lowest BCUT2D eigenvalue weighted by Gasteiger charge is -2.36. The molecular weight excluding hydrogens is 391 g/mol. The first-order chi connectivity index (χ1) is 9.70. The van der Waals surface area contributed by atoms with Crippen molar-refractivity contribution in [3.05, 3.63) is 22.2 Å². The summed E-state index contributed by atoms with van der Waals surface area (Å²) in [6.07, 6.45) is 2.51. The van der Waals surface area contributed by atoms with E-state index < -0.39 is 0 Å². The Hall–Kier alpha value is -0.200. The molecule has 4 nitrogen and oxygen atoms in total. The van der Waals surface area contributed by atoms with E-state index in [1.165, 1.54) is 12.8 Å². The normalized spacial score (nSPS) is 19.7. The molecule has 22 heavy (non-hydrogen) atoms. The monoisotopic (exact) mass is 412 g/mol. The molecule has 2 aliphatic rings. The van der Waals surface area contributed by atoms with Crippen LogP contribution in [0.3, 0.4) is 0 Å². The lowest BCUT2D eigenvalue weighted by atomic mass is 9.98. The SMILES string of the molecule is COc1cc(Br)cc([C@@H](C2CC2)N2CCNCC2)c1O.Cl.Cl. The minimum absolute atomic E-state index is 0. The third-order valence-corrected chi connectivity index (χ3v) is 4.68. The summed E-state index contributed by atoms with van der Waals surface area (Å²) in [6.45, 7) is 4.12. The Morgan fingerprint density at radius 2 is 1.91 bits per heavy atom. The molecule has 1 aromatic carbocycles. The molecule has 1 aliphatic carbocycles. The maximum atomic E-state index is 10.5. The number of piperazine rings is 1. The van der Waals surface area contributed by atoms with Crippen molar-refractivity contribution < 1.29 is 9.84 Å². The van der Waals surface area contributed by atoms with Crippen LogP contribution in [0.15, 0.2) is 16.6 Å². The van der Waals surface area contributed by atoms with Crippen LogP contribution in [0.2, 0.25) is 0 Å².